The number of benzene rings is 1. The molecule has 0 aliphatic carbocycles. The normalized spacial score (nSPS) is 11.6. The van der Waals surface area contributed by atoms with Crippen LogP contribution in [-0.4, -0.2) is 6.03 Å². The number of carbonyl (C=O) groups excluding carboxylic acids is 1. The molecule has 0 bridgehead atoms. The molecule has 116 valence electrons. The molecule has 3 nitrogen and oxygen atoms in total. The van der Waals surface area contributed by atoms with Gasteiger partial charge in [0, 0.05) is 17.6 Å². The van der Waals surface area contributed by atoms with E-state index in [0.717, 1.165) is 17.0 Å². The van der Waals surface area contributed by atoms with Crippen molar-refractivity contribution >= 4 is 23.4 Å². The number of hydrogen-bond donors (Lipinski definition) is 2. The molecule has 0 saturated carbocycles. The summed E-state index contributed by atoms with van der Waals surface area (Å²) in [7, 11) is 0. The summed E-state index contributed by atoms with van der Waals surface area (Å²) in [4.78, 5) is 12.5. The van der Waals surface area contributed by atoms with Gasteiger partial charge in [0.05, 0.1) is 5.56 Å². The van der Waals surface area contributed by atoms with Gasteiger partial charge in [-0.2, -0.15) is 13.2 Å². The molecular formula is C15H13F3N2OS. The quantitative estimate of drug-likeness (QED) is 0.867. The molecule has 7 heteroatoms. The maximum Gasteiger partial charge on any atom is 0.416 e. The smallest absolute Gasteiger partial charge is 0.334 e. The molecule has 0 aliphatic heterocycles. The van der Waals surface area contributed by atoms with Gasteiger partial charge in [-0.3, -0.25) is 0 Å². The zero-order valence-corrected chi connectivity index (χ0v) is 12.2. The Morgan fingerprint density at radius 1 is 1.18 bits per heavy atom. The number of rotatable bonds is 4. The van der Waals surface area contributed by atoms with Crippen molar-refractivity contribution in [2.24, 2.45) is 0 Å². The maximum atomic E-state index is 12.4. The molecule has 0 saturated heterocycles. The van der Waals surface area contributed by atoms with Crippen LogP contribution in [0.1, 0.15) is 16.0 Å². The number of carbonyl (C=O) groups is 1. The molecule has 1 aromatic heterocycles. The van der Waals surface area contributed by atoms with Crippen molar-refractivity contribution in [3.8, 4) is 0 Å². The number of hydrogen-bond acceptors (Lipinski definition) is 2. The summed E-state index contributed by atoms with van der Waals surface area (Å²) in [6, 6.07) is 8.04. The Labute approximate surface area is 129 Å². The van der Waals surface area contributed by atoms with Crippen molar-refractivity contribution in [1.82, 2.24) is 10.6 Å². The highest BCUT2D eigenvalue weighted by molar-refractivity contribution is 7.10. The Morgan fingerprint density at radius 2 is 1.91 bits per heavy atom. The minimum Gasteiger partial charge on any atom is -0.334 e. The minimum atomic E-state index is -4.35. The van der Waals surface area contributed by atoms with Gasteiger partial charge in [-0.1, -0.05) is 18.2 Å². The zero-order chi connectivity index (χ0) is 16.0. The van der Waals surface area contributed by atoms with E-state index in [2.05, 4.69) is 10.6 Å². The molecule has 22 heavy (non-hydrogen) atoms. The lowest BCUT2D eigenvalue weighted by atomic mass is 10.1. The minimum absolute atomic E-state index is 0.150. The van der Waals surface area contributed by atoms with E-state index in [1.807, 2.05) is 17.5 Å². The van der Waals surface area contributed by atoms with Crippen molar-refractivity contribution in [1.29, 1.82) is 0 Å². The van der Waals surface area contributed by atoms with Gasteiger partial charge in [-0.05, 0) is 35.2 Å². The molecule has 0 radical (unpaired) electrons. The highest BCUT2D eigenvalue weighted by Gasteiger charge is 2.29. The molecule has 2 aromatic rings. The van der Waals surface area contributed by atoms with Crippen molar-refractivity contribution in [2.75, 3.05) is 0 Å². The van der Waals surface area contributed by atoms with Crippen LogP contribution in [0.25, 0.3) is 6.08 Å². The Balaban J connectivity index is 1.78. The standard InChI is InChI=1S/C15H13F3N2OS/c16-15(17,18)12-5-3-11(4-6-12)10-20-14(21)19-8-7-13-2-1-9-22-13/h1-9H,10H2,(H2,19,20,21). The number of urea groups is 1. The second kappa shape index (κ2) is 7.13. The van der Waals surface area contributed by atoms with Crippen LogP contribution in [0.3, 0.4) is 0 Å². The van der Waals surface area contributed by atoms with Crippen LogP contribution < -0.4 is 10.6 Å². The molecule has 1 heterocycles. The average Bonchev–Trinajstić information content (AvgIpc) is 2.98. The number of thiophene rings is 1. The molecule has 2 amide bonds. The van der Waals surface area contributed by atoms with Gasteiger partial charge in [-0.25, -0.2) is 4.79 Å². The Kier molecular flexibility index (Phi) is 5.21. The van der Waals surface area contributed by atoms with E-state index in [1.165, 1.54) is 29.7 Å². The first-order valence-corrected chi connectivity index (χ1v) is 7.24. The summed E-state index contributed by atoms with van der Waals surface area (Å²) in [6.07, 6.45) is -1.09. The van der Waals surface area contributed by atoms with Gasteiger partial charge in [0.15, 0.2) is 0 Å². The maximum absolute atomic E-state index is 12.4. The third kappa shape index (κ3) is 4.92. The third-order valence-electron chi connectivity index (χ3n) is 2.74. The summed E-state index contributed by atoms with van der Waals surface area (Å²) in [5, 5.41) is 7.00. The second-order valence-electron chi connectivity index (χ2n) is 4.37. The molecule has 0 spiro atoms. The van der Waals surface area contributed by atoms with E-state index >= 15 is 0 Å². The summed E-state index contributed by atoms with van der Waals surface area (Å²) >= 11 is 1.54. The topological polar surface area (TPSA) is 41.1 Å². The van der Waals surface area contributed by atoms with Crippen LogP contribution in [0.5, 0.6) is 0 Å². The predicted molar refractivity (Wildman–Crippen MR) is 80.2 cm³/mol. The first-order valence-electron chi connectivity index (χ1n) is 6.36. The number of nitrogens with one attached hydrogen (secondary N) is 2. The lowest BCUT2D eigenvalue weighted by Crippen LogP contribution is -2.31. The fourth-order valence-electron chi connectivity index (χ4n) is 1.63. The lowest BCUT2D eigenvalue weighted by molar-refractivity contribution is -0.137. The molecule has 1 aromatic carbocycles. The van der Waals surface area contributed by atoms with Gasteiger partial charge < -0.3 is 10.6 Å². The fourth-order valence-corrected chi connectivity index (χ4v) is 2.25. The van der Waals surface area contributed by atoms with E-state index in [4.69, 9.17) is 0 Å². The van der Waals surface area contributed by atoms with Crippen LogP contribution in [0.4, 0.5) is 18.0 Å². The first-order chi connectivity index (χ1) is 10.4. The van der Waals surface area contributed by atoms with Gasteiger partial charge in [0.25, 0.3) is 0 Å². The molecule has 0 unspecified atom stereocenters. The second-order valence-corrected chi connectivity index (χ2v) is 5.35. The Bertz CT molecular complexity index is 634. The summed E-state index contributed by atoms with van der Waals surface area (Å²) in [5.74, 6) is 0. The van der Waals surface area contributed by atoms with Crippen LogP contribution in [0, 0.1) is 0 Å². The van der Waals surface area contributed by atoms with Crippen molar-refractivity contribution < 1.29 is 18.0 Å². The molecule has 0 aliphatic rings. The van der Waals surface area contributed by atoms with Crippen molar-refractivity contribution in [3.63, 3.8) is 0 Å². The monoisotopic (exact) mass is 326 g/mol. The molecular weight excluding hydrogens is 313 g/mol. The molecule has 2 N–H and O–H groups in total. The number of amides is 2. The van der Waals surface area contributed by atoms with E-state index < -0.39 is 17.8 Å². The van der Waals surface area contributed by atoms with Crippen LogP contribution >= 0.6 is 11.3 Å². The van der Waals surface area contributed by atoms with Crippen LogP contribution in [0.2, 0.25) is 0 Å². The van der Waals surface area contributed by atoms with Gasteiger partial charge >= 0.3 is 12.2 Å². The number of alkyl halides is 3. The average molecular weight is 326 g/mol. The summed E-state index contributed by atoms with van der Waals surface area (Å²) in [6.45, 7) is 0.150. The van der Waals surface area contributed by atoms with Crippen LogP contribution in [-0.2, 0) is 12.7 Å². The highest BCUT2D eigenvalue weighted by atomic mass is 32.1. The Hall–Kier alpha value is -2.28. The van der Waals surface area contributed by atoms with E-state index in [9.17, 15) is 18.0 Å². The summed E-state index contributed by atoms with van der Waals surface area (Å²) in [5.41, 5.74) is -0.120. The predicted octanol–water partition coefficient (Wildman–Crippen LogP) is 4.24. The van der Waals surface area contributed by atoms with E-state index in [-0.39, 0.29) is 6.54 Å². The zero-order valence-electron chi connectivity index (χ0n) is 11.4. The Morgan fingerprint density at radius 3 is 2.50 bits per heavy atom. The van der Waals surface area contributed by atoms with Gasteiger partial charge in [0.1, 0.15) is 0 Å². The van der Waals surface area contributed by atoms with Crippen molar-refractivity contribution in [2.45, 2.75) is 12.7 Å². The van der Waals surface area contributed by atoms with Crippen LogP contribution in [0.15, 0.2) is 48.0 Å². The first kappa shape index (κ1) is 16.1. The van der Waals surface area contributed by atoms with Gasteiger partial charge in [-0.15, -0.1) is 11.3 Å². The van der Waals surface area contributed by atoms with E-state index in [1.54, 1.807) is 6.08 Å². The summed E-state index contributed by atoms with van der Waals surface area (Å²) < 4.78 is 37.2. The highest BCUT2D eigenvalue weighted by Crippen LogP contribution is 2.28. The lowest BCUT2D eigenvalue weighted by Gasteiger charge is -2.08. The molecule has 2 rings (SSSR count). The molecule has 0 fully saturated rings. The van der Waals surface area contributed by atoms with E-state index in [0.29, 0.717) is 5.56 Å². The SMILES string of the molecule is O=C(NC=Cc1cccs1)NCc1ccc(C(F)(F)F)cc1. The largest absolute Gasteiger partial charge is 0.416 e. The fraction of sp³-hybridized carbons (Fsp3) is 0.133. The molecule has 0 atom stereocenters. The third-order valence-corrected chi connectivity index (χ3v) is 3.58. The number of halogens is 3. The van der Waals surface area contributed by atoms with Gasteiger partial charge in [0.2, 0.25) is 0 Å². The van der Waals surface area contributed by atoms with Crippen molar-refractivity contribution in [3.05, 3.63) is 64.0 Å².